The summed E-state index contributed by atoms with van der Waals surface area (Å²) in [6.45, 7) is 7.38. The van der Waals surface area contributed by atoms with E-state index in [9.17, 15) is 9.90 Å². The van der Waals surface area contributed by atoms with E-state index in [2.05, 4.69) is 18.9 Å². The van der Waals surface area contributed by atoms with Crippen molar-refractivity contribution in [1.29, 1.82) is 0 Å². The van der Waals surface area contributed by atoms with E-state index in [1.165, 1.54) is 32.1 Å². The normalized spacial score (nSPS) is 43.9. The van der Waals surface area contributed by atoms with Crippen molar-refractivity contribution in [1.82, 2.24) is 9.78 Å². The van der Waals surface area contributed by atoms with E-state index in [0.29, 0.717) is 34.6 Å². The first-order valence-electron chi connectivity index (χ1n) is 13.5. The molecule has 1 heterocycles. The number of Topliss-reactive ketones (excluding diaryl/α,β-unsaturated/α-hetero) is 1. The number of carbonyl (C=O) groups excluding carboxylic acids is 1. The minimum absolute atomic E-state index is 0.119. The number of ketones is 1. The second-order valence-electron chi connectivity index (χ2n) is 13.0. The molecule has 6 rings (SSSR count). The lowest BCUT2D eigenvalue weighted by atomic mass is 9.44. The number of aliphatic hydroxyl groups is 1. The number of rotatable bonds is 3. The van der Waals surface area contributed by atoms with Crippen LogP contribution in [0.1, 0.15) is 78.6 Å². The third-order valence-corrected chi connectivity index (χ3v) is 11.5. The summed E-state index contributed by atoms with van der Waals surface area (Å²) < 4.78 is 1.87. The number of carbonyl (C=O) groups is 1. The summed E-state index contributed by atoms with van der Waals surface area (Å²) in [6, 6.07) is 5.77. The third kappa shape index (κ3) is 3.42. The van der Waals surface area contributed by atoms with Crippen molar-refractivity contribution in [3.63, 3.8) is 0 Å². The maximum atomic E-state index is 13.7. The Morgan fingerprint density at radius 1 is 1.06 bits per heavy atom. The van der Waals surface area contributed by atoms with Crippen molar-refractivity contribution in [2.24, 2.45) is 40.4 Å². The van der Waals surface area contributed by atoms with Gasteiger partial charge in [-0.2, -0.15) is 5.10 Å². The molecule has 2 aromatic rings. The van der Waals surface area contributed by atoms with E-state index in [-0.39, 0.29) is 11.3 Å². The number of hydrogen-bond donors (Lipinski definition) is 1. The number of fused-ring (bicyclic) bond motifs is 6. The van der Waals surface area contributed by atoms with Gasteiger partial charge in [-0.1, -0.05) is 25.4 Å². The maximum absolute atomic E-state index is 13.7. The highest BCUT2D eigenvalue weighted by Gasteiger charge is 2.61. The SMILES string of the molecule is C[C@@]1(O)CC[C@@]2(C)[C@@H](CC[C@@H]3[C@@H]2CC[C@]2(C)[C@@H](C(=O)Cn4ncc5cc(Cl)ccc54)CC[C@@H]32)C1. The van der Waals surface area contributed by atoms with Gasteiger partial charge in [-0.3, -0.25) is 9.48 Å². The van der Waals surface area contributed by atoms with Crippen LogP contribution in [0.25, 0.3) is 10.9 Å². The van der Waals surface area contributed by atoms with E-state index < -0.39 is 5.60 Å². The molecule has 34 heavy (non-hydrogen) atoms. The molecule has 4 aliphatic carbocycles. The van der Waals surface area contributed by atoms with E-state index >= 15 is 0 Å². The molecule has 8 atom stereocenters. The van der Waals surface area contributed by atoms with E-state index in [4.69, 9.17) is 11.6 Å². The van der Waals surface area contributed by atoms with Crippen LogP contribution in [0.15, 0.2) is 24.4 Å². The van der Waals surface area contributed by atoms with E-state index in [1.807, 2.05) is 36.0 Å². The molecule has 1 aromatic heterocycles. The van der Waals surface area contributed by atoms with Gasteiger partial charge in [-0.05, 0) is 117 Å². The van der Waals surface area contributed by atoms with Crippen molar-refractivity contribution in [2.45, 2.75) is 90.7 Å². The fourth-order valence-corrected chi connectivity index (χ4v) is 9.58. The molecule has 0 bridgehead atoms. The summed E-state index contributed by atoms with van der Waals surface area (Å²) in [5, 5.41) is 17.0. The Labute approximate surface area is 208 Å². The number of aromatic nitrogens is 2. The van der Waals surface area contributed by atoms with E-state index in [0.717, 1.165) is 48.4 Å². The lowest BCUT2D eigenvalue weighted by Gasteiger charge is -2.61. The zero-order valence-corrected chi connectivity index (χ0v) is 21.7. The number of nitrogens with zero attached hydrogens (tertiary/aromatic N) is 2. The van der Waals surface area contributed by atoms with Crippen LogP contribution in [-0.4, -0.2) is 26.3 Å². The molecule has 1 aromatic carbocycles. The number of benzene rings is 1. The van der Waals surface area contributed by atoms with Crippen molar-refractivity contribution in [2.75, 3.05) is 0 Å². The summed E-state index contributed by atoms with van der Waals surface area (Å²) in [6.07, 6.45) is 12.1. The van der Waals surface area contributed by atoms with Gasteiger partial charge in [0.2, 0.25) is 0 Å². The van der Waals surface area contributed by atoms with Gasteiger partial charge in [0.15, 0.2) is 5.78 Å². The molecule has 4 fully saturated rings. The molecular formula is C29H39ClN2O2. The fourth-order valence-electron chi connectivity index (χ4n) is 9.40. The molecule has 4 nitrogen and oxygen atoms in total. The predicted octanol–water partition coefficient (Wildman–Crippen LogP) is 6.67. The summed E-state index contributed by atoms with van der Waals surface area (Å²) in [4.78, 5) is 13.7. The smallest absolute Gasteiger partial charge is 0.157 e. The average Bonchev–Trinajstić information content (AvgIpc) is 3.34. The first-order chi connectivity index (χ1) is 16.1. The molecule has 4 aliphatic rings. The van der Waals surface area contributed by atoms with Crippen LogP contribution in [0.3, 0.4) is 0 Å². The zero-order valence-electron chi connectivity index (χ0n) is 20.9. The quantitative estimate of drug-likeness (QED) is 0.531. The Morgan fingerprint density at radius 2 is 1.85 bits per heavy atom. The monoisotopic (exact) mass is 482 g/mol. The fraction of sp³-hybridized carbons (Fsp3) is 0.724. The highest BCUT2D eigenvalue weighted by Crippen LogP contribution is 2.68. The first-order valence-corrected chi connectivity index (χ1v) is 13.8. The van der Waals surface area contributed by atoms with Crippen LogP contribution in [0.2, 0.25) is 5.02 Å². The lowest BCUT2D eigenvalue weighted by Crippen LogP contribution is -2.55. The topological polar surface area (TPSA) is 55.1 Å². The standard InChI is InChI=1S/C29H39ClN2O2/c1-27(34)12-13-28(2)19(15-27)4-6-21-22-7-8-24(29(22,3)11-10-23(21)28)26(33)17-32-25-9-5-20(30)14-18(25)16-31-32/h5,9,14,16,19,21-24,34H,4,6-8,10-13,15,17H2,1-3H3/t19-,21-,22-,23-,24+,27+,28-,29-/m0/s1. The molecule has 0 unspecified atom stereocenters. The summed E-state index contributed by atoms with van der Waals surface area (Å²) in [5.74, 6) is 3.32. The molecule has 4 saturated carbocycles. The Hall–Kier alpha value is -1.39. The van der Waals surface area contributed by atoms with Crippen LogP contribution in [0.4, 0.5) is 0 Å². The van der Waals surface area contributed by atoms with Crippen LogP contribution >= 0.6 is 11.6 Å². The van der Waals surface area contributed by atoms with Crippen LogP contribution in [-0.2, 0) is 11.3 Å². The lowest BCUT2D eigenvalue weighted by molar-refractivity contribution is -0.151. The Bertz CT molecular complexity index is 1120. The Morgan fingerprint density at radius 3 is 2.68 bits per heavy atom. The Kier molecular flexibility index (Phi) is 5.29. The van der Waals surface area contributed by atoms with Crippen LogP contribution in [0, 0.1) is 40.4 Å². The van der Waals surface area contributed by atoms with Crippen LogP contribution < -0.4 is 0 Å². The molecule has 1 N–H and O–H groups in total. The average molecular weight is 483 g/mol. The molecule has 0 radical (unpaired) electrons. The van der Waals surface area contributed by atoms with Gasteiger partial charge in [-0.15, -0.1) is 0 Å². The van der Waals surface area contributed by atoms with Crippen molar-refractivity contribution < 1.29 is 9.90 Å². The van der Waals surface area contributed by atoms with Gasteiger partial charge in [0.1, 0.15) is 6.54 Å². The summed E-state index contributed by atoms with van der Waals surface area (Å²) >= 11 is 6.14. The summed E-state index contributed by atoms with van der Waals surface area (Å²) in [5.41, 5.74) is 0.991. The van der Waals surface area contributed by atoms with Gasteiger partial charge in [0.25, 0.3) is 0 Å². The third-order valence-electron chi connectivity index (χ3n) is 11.3. The number of hydrogen-bond acceptors (Lipinski definition) is 3. The molecule has 0 aliphatic heterocycles. The molecule has 5 heteroatoms. The highest BCUT2D eigenvalue weighted by atomic mass is 35.5. The second kappa shape index (κ2) is 7.80. The van der Waals surface area contributed by atoms with Crippen molar-refractivity contribution in [3.05, 3.63) is 29.4 Å². The van der Waals surface area contributed by atoms with E-state index in [1.54, 1.807) is 0 Å². The minimum atomic E-state index is -0.479. The largest absolute Gasteiger partial charge is 0.390 e. The molecule has 0 amide bonds. The van der Waals surface area contributed by atoms with Gasteiger partial charge < -0.3 is 5.11 Å². The molecule has 0 saturated heterocycles. The van der Waals surface area contributed by atoms with Crippen molar-refractivity contribution >= 4 is 28.3 Å². The maximum Gasteiger partial charge on any atom is 0.157 e. The summed E-state index contributed by atoms with van der Waals surface area (Å²) in [7, 11) is 0. The minimum Gasteiger partial charge on any atom is -0.390 e. The van der Waals surface area contributed by atoms with Gasteiger partial charge in [-0.25, -0.2) is 0 Å². The van der Waals surface area contributed by atoms with Crippen LogP contribution in [0.5, 0.6) is 0 Å². The molecule has 184 valence electrons. The Balaban J connectivity index is 1.21. The predicted molar refractivity (Wildman–Crippen MR) is 136 cm³/mol. The zero-order chi connectivity index (χ0) is 23.9. The van der Waals surface area contributed by atoms with Crippen molar-refractivity contribution in [3.8, 4) is 0 Å². The molecule has 0 spiro atoms. The first kappa shape index (κ1) is 23.0. The second-order valence-corrected chi connectivity index (χ2v) is 13.4. The van der Waals surface area contributed by atoms with Gasteiger partial charge in [0.05, 0.1) is 17.3 Å². The molecular weight excluding hydrogens is 444 g/mol. The number of halogens is 1. The highest BCUT2D eigenvalue weighted by molar-refractivity contribution is 6.31. The van der Waals surface area contributed by atoms with Gasteiger partial charge >= 0.3 is 0 Å². The van der Waals surface area contributed by atoms with Gasteiger partial charge in [0, 0.05) is 16.3 Å².